The van der Waals surface area contributed by atoms with E-state index in [1.807, 2.05) is 12.1 Å². The molecule has 11 rings (SSSR count). The number of benzene rings is 9. The van der Waals surface area contributed by atoms with Gasteiger partial charge >= 0.3 is 0 Å². The molecule has 1 aliphatic carbocycles. The second-order valence-electron chi connectivity index (χ2n) is 17.3. The quantitative estimate of drug-likeness (QED) is 0.0506. The summed E-state index contributed by atoms with van der Waals surface area (Å²) in [6.07, 6.45) is 10.8. The first kappa shape index (κ1) is 36.7. The van der Waals surface area contributed by atoms with Gasteiger partial charge in [0.15, 0.2) is 0 Å². The predicted molar refractivity (Wildman–Crippen MR) is 252 cm³/mol. The van der Waals surface area contributed by atoms with Crippen LogP contribution in [0.1, 0.15) is 98.8 Å². The van der Waals surface area contributed by atoms with Crippen LogP contribution in [-0.4, -0.2) is 22.8 Å². The summed E-state index contributed by atoms with van der Waals surface area (Å²) in [5, 5.41) is 11.4. The lowest BCUT2D eigenvalue weighted by Crippen LogP contribution is -2.47. The molecule has 0 radical (unpaired) electrons. The lowest BCUT2D eigenvalue weighted by molar-refractivity contribution is 0.0517. The molecule has 9 aromatic rings. The number of carbonyl (C=O) groups is 2. The van der Waals surface area contributed by atoms with Crippen LogP contribution < -0.4 is 0 Å². The van der Waals surface area contributed by atoms with E-state index in [9.17, 15) is 9.59 Å². The molecule has 2 aliphatic rings. The van der Waals surface area contributed by atoms with Gasteiger partial charge in [0, 0.05) is 22.6 Å². The minimum atomic E-state index is -0.129. The number of rotatable bonds is 13. The van der Waals surface area contributed by atoms with Gasteiger partial charge in [-0.05, 0) is 118 Å². The molecule has 0 aromatic heterocycles. The van der Waals surface area contributed by atoms with Crippen LogP contribution in [0.4, 0.5) is 0 Å². The summed E-state index contributed by atoms with van der Waals surface area (Å²) in [6, 6.07) is 48.2. The van der Waals surface area contributed by atoms with Crippen molar-refractivity contribution in [3.8, 4) is 44.5 Å². The highest BCUT2D eigenvalue weighted by Crippen LogP contribution is 2.59. The van der Waals surface area contributed by atoms with Gasteiger partial charge in [0.25, 0.3) is 11.8 Å². The normalized spacial score (nSPS) is 13.3. The highest BCUT2D eigenvalue weighted by atomic mass is 16.2. The van der Waals surface area contributed by atoms with Crippen molar-refractivity contribution in [1.29, 1.82) is 0 Å². The van der Waals surface area contributed by atoms with E-state index < -0.39 is 0 Å². The van der Waals surface area contributed by atoms with Gasteiger partial charge in [-0.1, -0.05) is 187 Å². The Morgan fingerprint density at radius 3 is 1.17 bits per heavy atom. The number of imide groups is 1. The van der Waals surface area contributed by atoms with Crippen molar-refractivity contribution in [3.05, 3.63) is 145 Å². The fourth-order valence-electron chi connectivity index (χ4n) is 11.1. The third kappa shape index (κ3) is 5.41. The Kier molecular flexibility index (Phi) is 9.03. The van der Waals surface area contributed by atoms with Gasteiger partial charge in [0.1, 0.15) is 0 Å². The number of amides is 2. The molecule has 9 aromatic carbocycles. The van der Waals surface area contributed by atoms with Crippen LogP contribution in [0.15, 0.2) is 133 Å². The minimum absolute atomic E-state index is 0.0815. The smallest absolute Gasteiger partial charge is 0.261 e. The Morgan fingerprint density at radius 2 is 0.750 bits per heavy atom. The average molecular weight is 780 g/mol. The molecule has 0 atom stereocenters. The second kappa shape index (κ2) is 14.7. The first-order valence-corrected chi connectivity index (χ1v) is 22.4. The molecule has 1 heterocycles. The maximum absolute atomic E-state index is 14.7. The Hall–Kier alpha value is -6.32. The highest BCUT2D eigenvalue weighted by Gasteiger charge is 2.39. The van der Waals surface area contributed by atoms with Crippen molar-refractivity contribution >= 4 is 65.7 Å². The molecule has 0 saturated heterocycles. The summed E-state index contributed by atoms with van der Waals surface area (Å²) in [5.41, 5.74) is 11.3. The molecule has 0 N–H and O–H groups in total. The monoisotopic (exact) mass is 779 g/mol. The topological polar surface area (TPSA) is 37.4 Å². The van der Waals surface area contributed by atoms with Crippen LogP contribution >= 0.6 is 0 Å². The number of hydrogen-bond donors (Lipinski definition) is 0. The van der Waals surface area contributed by atoms with E-state index in [1.165, 1.54) is 78.9 Å². The van der Waals surface area contributed by atoms with E-state index in [0.717, 1.165) is 83.7 Å². The number of carbonyl (C=O) groups excluding carboxylic acids is 2. The third-order valence-corrected chi connectivity index (χ3v) is 13.8. The zero-order chi connectivity index (χ0) is 40.5. The second-order valence-corrected chi connectivity index (χ2v) is 17.3. The summed E-state index contributed by atoms with van der Waals surface area (Å²) in [5.74, 6) is -0.257. The van der Waals surface area contributed by atoms with E-state index in [-0.39, 0.29) is 17.9 Å². The summed E-state index contributed by atoms with van der Waals surface area (Å²) in [6.45, 7) is 4.45. The molecule has 0 bridgehead atoms. The van der Waals surface area contributed by atoms with Crippen molar-refractivity contribution in [2.24, 2.45) is 0 Å². The zero-order valence-electron chi connectivity index (χ0n) is 34.6. The van der Waals surface area contributed by atoms with Crippen molar-refractivity contribution in [2.45, 2.75) is 84.1 Å². The standard InChI is InChI=1S/C57H49NO2/c1-3-5-7-15-23-37(24-16-8-6-4-2)58-56(59)46-33-29-42-40-27-31-44-52-45(32-28-41(50(40)52)43-30-34-47(57(58)60)53(46)51(42)43)55-49(36-21-13-10-14-22-36)39-26-18-17-25-38(39)48(54(44)55)35-19-11-9-12-20-35/h9-14,17-22,25-34,37H,3-8,15-16,23-24H2,1-2H3. The van der Waals surface area contributed by atoms with Crippen molar-refractivity contribution < 1.29 is 9.59 Å². The Labute approximate surface area is 352 Å². The van der Waals surface area contributed by atoms with Gasteiger partial charge < -0.3 is 0 Å². The van der Waals surface area contributed by atoms with Crippen LogP contribution in [0, 0.1) is 0 Å². The molecule has 1 aliphatic heterocycles. The molecule has 0 unspecified atom stereocenters. The van der Waals surface area contributed by atoms with Crippen LogP contribution in [0.25, 0.3) is 98.4 Å². The molecule has 0 fully saturated rings. The summed E-state index contributed by atoms with van der Waals surface area (Å²) in [7, 11) is 0. The minimum Gasteiger partial charge on any atom is -0.271 e. The molecule has 0 saturated carbocycles. The molecule has 3 nitrogen and oxygen atoms in total. The molecule has 294 valence electrons. The molecule has 3 heteroatoms. The summed E-state index contributed by atoms with van der Waals surface area (Å²) >= 11 is 0. The van der Waals surface area contributed by atoms with E-state index in [1.54, 1.807) is 4.90 Å². The Morgan fingerprint density at radius 1 is 0.367 bits per heavy atom. The molecular formula is C57H49NO2. The van der Waals surface area contributed by atoms with Crippen molar-refractivity contribution in [1.82, 2.24) is 4.90 Å². The molecule has 0 spiro atoms. The summed E-state index contributed by atoms with van der Waals surface area (Å²) in [4.78, 5) is 31.1. The van der Waals surface area contributed by atoms with Gasteiger partial charge in [0.2, 0.25) is 0 Å². The van der Waals surface area contributed by atoms with Gasteiger partial charge in [-0.15, -0.1) is 0 Å². The van der Waals surface area contributed by atoms with Crippen LogP contribution in [0.3, 0.4) is 0 Å². The summed E-state index contributed by atoms with van der Waals surface area (Å²) < 4.78 is 0. The SMILES string of the molecule is CCCCCCC(CCCCCC)N1C(=O)c2ccc3c4ccc5c6c(ccc(c7ccc(c2c37)C1=O)c64)-c1c-5c(-c2ccccc2)c2ccccc2c1-c1ccccc1. The van der Waals surface area contributed by atoms with E-state index in [4.69, 9.17) is 0 Å². The Bertz CT molecular complexity index is 2960. The van der Waals surface area contributed by atoms with E-state index in [2.05, 4.69) is 135 Å². The maximum Gasteiger partial charge on any atom is 0.261 e. The number of unbranched alkanes of at least 4 members (excludes halogenated alkanes) is 6. The first-order valence-electron chi connectivity index (χ1n) is 22.4. The largest absolute Gasteiger partial charge is 0.271 e. The van der Waals surface area contributed by atoms with Crippen molar-refractivity contribution in [2.75, 3.05) is 0 Å². The Balaban J connectivity index is 1.14. The first-order chi connectivity index (χ1) is 29.6. The molecular weight excluding hydrogens is 731 g/mol. The number of nitrogens with zero attached hydrogens (tertiary/aromatic N) is 1. The maximum atomic E-state index is 14.7. The third-order valence-electron chi connectivity index (χ3n) is 13.8. The number of hydrogen-bond acceptors (Lipinski definition) is 2. The fraction of sp³-hybridized carbons (Fsp3) is 0.228. The van der Waals surface area contributed by atoms with Gasteiger partial charge in [-0.25, -0.2) is 0 Å². The van der Waals surface area contributed by atoms with E-state index >= 15 is 0 Å². The highest BCUT2D eigenvalue weighted by molar-refractivity contribution is 6.41. The van der Waals surface area contributed by atoms with Gasteiger partial charge in [-0.2, -0.15) is 0 Å². The number of fused-ring (bicyclic) bond motifs is 6. The van der Waals surface area contributed by atoms with Crippen LogP contribution in [0.2, 0.25) is 0 Å². The molecule has 2 amide bonds. The average Bonchev–Trinajstić information content (AvgIpc) is 3.62. The van der Waals surface area contributed by atoms with Crippen LogP contribution in [0.5, 0.6) is 0 Å². The zero-order valence-corrected chi connectivity index (χ0v) is 34.6. The molecule has 60 heavy (non-hydrogen) atoms. The van der Waals surface area contributed by atoms with Crippen molar-refractivity contribution in [3.63, 3.8) is 0 Å². The lowest BCUT2D eigenvalue weighted by Gasteiger charge is -2.34. The fourth-order valence-corrected chi connectivity index (χ4v) is 11.1. The van der Waals surface area contributed by atoms with Gasteiger partial charge in [-0.3, -0.25) is 14.5 Å². The lowest BCUT2D eigenvalue weighted by atomic mass is 9.82. The predicted octanol–water partition coefficient (Wildman–Crippen LogP) is 15.8. The van der Waals surface area contributed by atoms with Gasteiger partial charge in [0.05, 0.1) is 0 Å². The van der Waals surface area contributed by atoms with E-state index in [0.29, 0.717) is 11.1 Å². The van der Waals surface area contributed by atoms with Crippen LogP contribution in [-0.2, 0) is 0 Å².